The molecule has 0 aliphatic carbocycles. The van der Waals surface area contributed by atoms with Gasteiger partial charge in [0.15, 0.2) is 5.82 Å². The summed E-state index contributed by atoms with van der Waals surface area (Å²) in [6.45, 7) is 4.10. The molecule has 1 atom stereocenters. The normalized spacial score (nSPS) is 20.3. The fourth-order valence-corrected chi connectivity index (χ4v) is 4.48. The highest BCUT2D eigenvalue weighted by atomic mass is 16.2. The Balaban J connectivity index is 1.40. The monoisotopic (exact) mass is 376 g/mol. The zero-order valence-electron chi connectivity index (χ0n) is 16.1. The highest BCUT2D eigenvalue weighted by Gasteiger charge is 2.30. The van der Waals surface area contributed by atoms with Gasteiger partial charge in [0.2, 0.25) is 0 Å². The number of hydrogen-bond donors (Lipinski definition) is 0. The molecule has 1 amide bonds. The van der Waals surface area contributed by atoms with Crippen LogP contribution < -0.4 is 0 Å². The number of pyridine rings is 1. The SMILES string of the molecule is CN1CCCC(c2nnc3n2CCN(C(=O)c2cccc4cccnc24)C3)C1. The van der Waals surface area contributed by atoms with Crippen molar-refractivity contribution >= 4 is 16.8 Å². The van der Waals surface area contributed by atoms with E-state index in [-0.39, 0.29) is 5.91 Å². The Bertz CT molecular complexity index is 1020. The van der Waals surface area contributed by atoms with Crippen molar-refractivity contribution in [3.63, 3.8) is 0 Å². The summed E-state index contributed by atoms with van der Waals surface area (Å²) in [5.41, 5.74) is 1.41. The van der Waals surface area contributed by atoms with Crippen LogP contribution >= 0.6 is 0 Å². The average molecular weight is 376 g/mol. The molecular weight excluding hydrogens is 352 g/mol. The lowest BCUT2D eigenvalue weighted by Gasteiger charge is -2.32. The number of carbonyl (C=O) groups is 1. The largest absolute Gasteiger partial charge is 0.329 e. The van der Waals surface area contributed by atoms with Crippen LogP contribution in [0.5, 0.6) is 0 Å². The van der Waals surface area contributed by atoms with E-state index in [4.69, 9.17) is 0 Å². The molecule has 4 heterocycles. The van der Waals surface area contributed by atoms with Crippen LogP contribution in [0.4, 0.5) is 0 Å². The second-order valence-corrected chi connectivity index (χ2v) is 7.83. The molecule has 0 N–H and O–H groups in total. The summed E-state index contributed by atoms with van der Waals surface area (Å²) in [4.78, 5) is 21.9. The van der Waals surface area contributed by atoms with E-state index in [0.29, 0.717) is 24.6 Å². The first-order valence-electron chi connectivity index (χ1n) is 9.94. The first-order valence-corrected chi connectivity index (χ1v) is 9.94. The molecule has 0 saturated carbocycles. The van der Waals surface area contributed by atoms with Crippen molar-refractivity contribution in [2.45, 2.75) is 31.8 Å². The number of para-hydroxylation sites is 1. The fourth-order valence-electron chi connectivity index (χ4n) is 4.48. The molecule has 1 saturated heterocycles. The number of aromatic nitrogens is 4. The quantitative estimate of drug-likeness (QED) is 0.687. The lowest BCUT2D eigenvalue weighted by atomic mass is 9.97. The molecular formula is C21H24N6O. The van der Waals surface area contributed by atoms with Gasteiger partial charge >= 0.3 is 0 Å². The molecule has 28 heavy (non-hydrogen) atoms. The molecule has 2 aliphatic rings. The maximum atomic E-state index is 13.2. The van der Waals surface area contributed by atoms with Gasteiger partial charge in [-0.05, 0) is 38.6 Å². The summed E-state index contributed by atoms with van der Waals surface area (Å²) in [5.74, 6) is 2.42. The van der Waals surface area contributed by atoms with Crippen molar-refractivity contribution in [2.75, 3.05) is 26.7 Å². The third kappa shape index (κ3) is 2.96. The number of benzene rings is 1. The average Bonchev–Trinajstić information content (AvgIpc) is 3.16. The summed E-state index contributed by atoms with van der Waals surface area (Å²) in [6.07, 6.45) is 4.09. The van der Waals surface area contributed by atoms with Crippen LogP contribution in [0.25, 0.3) is 10.9 Å². The molecule has 0 radical (unpaired) electrons. The van der Waals surface area contributed by atoms with E-state index < -0.39 is 0 Å². The van der Waals surface area contributed by atoms with Crippen LogP contribution in [0, 0.1) is 0 Å². The third-order valence-corrected chi connectivity index (χ3v) is 5.92. The van der Waals surface area contributed by atoms with Gasteiger partial charge < -0.3 is 14.4 Å². The van der Waals surface area contributed by atoms with Gasteiger partial charge in [0.25, 0.3) is 5.91 Å². The highest BCUT2D eigenvalue weighted by Crippen LogP contribution is 2.27. The van der Waals surface area contributed by atoms with Crippen LogP contribution in [0.1, 0.15) is 40.8 Å². The van der Waals surface area contributed by atoms with Crippen LogP contribution in [0.2, 0.25) is 0 Å². The molecule has 0 spiro atoms. The van der Waals surface area contributed by atoms with Crippen molar-refractivity contribution in [3.05, 3.63) is 53.7 Å². The molecule has 1 aromatic carbocycles. The number of piperidine rings is 1. The minimum atomic E-state index is 0.0116. The number of nitrogens with zero attached hydrogens (tertiary/aromatic N) is 6. The Morgan fingerprint density at radius 3 is 2.89 bits per heavy atom. The van der Waals surface area contributed by atoms with Gasteiger partial charge in [-0.1, -0.05) is 18.2 Å². The summed E-state index contributed by atoms with van der Waals surface area (Å²) in [5, 5.41) is 9.92. The summed E-state index contributed by atoms with van der Waals surface area (Å²) < 4.78 is 2.23. The molecule has 7 nitrogen and oxygen atoms in total. The van der Waals surface area contributed by atoms with E-state index >= 15 is 0 Å². The van der Waals surface area contributed by atoms with Gasteiger partial charge in [0, 0.05) is 37.1 Å². The zero-order chi connectivity index (χ0) is 19.1. The maximum absolute atomic E-state index is 13.2. The second kappa shape index (κ2) is 6.98. The zero-order valence-corrected chi connectivity index (χ0v) is 16.1. The molecule has 1 unspecified atom stereocenters. The Morgan fingerprint density at radius 2 is 2.00 bits per heavy atom. The Hall–Kier alpha value is -2.80. The van der Waals surface area contributed by atoms with Crippen molar-refractivity contribution < 1.29 is 4.79 Å². The molecule has 2 aromatic heterocycles. The van der Waals surface area contributed by atoms with E-state index in [1.54, 1.807) is 6.20 Å². The minimum Gasteiger partial charge on any atom is -0.329 e. The molecule has 7 heteroatoms. The summed E-state index contributed by atoms with van der Waals surface area (Å²) in [6, 6.07) is 9.64. The number of amides is 1. The van der Waals surface area contributed by atoms with Gasteiger partial charge in [0.05, 0.1) is 17.6 Å². The Morgan fingerprint density at radius 1 is 1.11 bits per heavy atom. The van der Waals surface area contributed by atoms with Crippen molar-refractivity contribution in [1.29, 1.82) is 0 Å². The second-order valence-electron chi connectivity index (χ2n) is 7.83. The number of carbonyl (C=O) groups excluding carboxylic acids is 1. The standard InChI is InChI=1S/C21H24N6O/c1-25-10-4-7-16(13-25)20-24-23-18-14-26(11-12-27(18)20)21(28)17-8-2-5-15-6-3-9-22-19(15)17/h2-3,5-6,8-9,16H,4,7,10-14H2,1H3. The van der Waals surface area contributed by atoms with Gasteiger partial charge in [-0.25, -0.2) is 0 Å². The lowest BCUT2D eigenvalue weighted by molar-refractivity contribution is 0.0707. The van der Waals surface area contributed by atoms with E-state index in [9.17, 15) is 4.79 Å². The number of rotatable bonds is 2. The van der Waals surface area contributed by atoms with E-state index in [1.807, 2.05) is 35.2 Å². The number of likely N-dealkylation sites (N-methyl/N-ethyl adjacent to an activating group) is 1. The molecule has 0 bridgehead atoms. The smallest absolute Gasteiger partial charge is 0.256 e. The third-order valence-electron chi connectivity index (χ3n) is 5.92. The highest BCUT2D eigenvalue weighted by molar-refractivity contribution is 6.05. The van der Waals surface area contributed by atoms with Gasteiger partial charge in [-0.2, -0.15) is 0 Å². The fraction of sp³-hybridized carbons (Fsp3) is 0.429. The lowest BCUT2D eigenvalue weighted by Crippen LogP contribution is -2.39. The molecule has 2 aliphatic heterocycles. The first kappa shape index (κ1) is 17.3. The van der Waals surface area contributed by atoms with Crippen molar-refractivity contribution in [1.82, 2.24) is 29.5 Å². The number of hydrogen-bond acceptors (Lipinski definition) is 5. The Kier molecular flexibility index (Phi) is 4.31. The summed E-state index contributed by atoms with van der Waals surface area (Å²) in [7, 11) is 2.16. The number of fused-ring (bicyclic) bond motifs is 2. The van der Waals surface area contributed by atoms with Crippen LogP contribution in [0.15, 0.2) is 36.5 Å². The molecule has 3 aromatic rings. The van der Waals surface area contributed by atoms with Gasteiger partial charge in [-0.15, -0.1) is 10.2 Å². The van der Waals surface area contributed by atoms with Crippen LogP contribution in [0.3, 0.4) is 0 Å². The predicted octanol–water partition coefficient (Wildman–Crippen LogP) is 2.29. The van der Waals surface area contributed by atoms with Crippen LogP contribution in [-0.4, -0.2) is 62.1 Å². The molecule has 144 valence electrons. The first-order chi connectivity index (χ1) is 13.7. The summed E-state index contributed by atoms with van der Waals surface area (Å²) >= 11 is 0. The maximum Gasteiger partial charge on any atom is 0.256 e. The molecule has 1 fully saturated rings. The topological polar surface area (TPSA) is 67.2 Å². The van der Waals surface area contributed by atoms with E-state index in [1.165, 1.54) is 6.42 Å². The minimum absolute atomic E-state index is 0.0116. The van der Waals surface area contributed by atoms with Gasteiger partial charge in [0.1, 0.15) is 5.82 Å². The predicted molar refractivity (Wildman–Crippen MR) is 106 cm³/mol. The van der Waals surface area contributed by atoms with E-state index in [2.05, 4.69) is 31.7 Å². The molecule has 5 rings (SSSR count). The number of likely N-dealkylation sites (tertiary alicyclic amines) is 1. The van der Waals surface area contributed by atoms with Crippen molar-refractivity contribution in [2.24, 2.45) is 0 Å². The van der Waals surface area contributed by atoms with Crippen molar-refractivity contribution in [3.8, 4) is 0 Å². The Labute approximate surface area is 164 Å². The van der Waals surface area contributed by atoms with Crippen LogP contribution in [-0.2, 0) is 13.1 Å². The van der Waals surface area contributed by atoms with E-state index in [0.717, 1.165) is 48.6 Å². The van der Waals surface area contributed by atoms with Gasteiger partial charge in [-0.3, -0.25) is 9.78 Å².